The van der Waals surface area contributed by atoms with E-state index in [1.807, 2.05) is 17.5 Å². The van der Waals surface area contributed by atoms with Gasteiger partial charge in [0.2, 0.25) is 5.82 Å². The summed E-state index contributed by atoms with van der Waals surface area (Å²) in [5, 5.41) is 19.9. The molecule has 0 radical (unpaired) electrons. The van der Waals surface area contributed by atoms with Crippen LogP contribution in [0.5, 0.6) is 0 Å². The van der Waals surface area contributed by atoms with Gasteiger partial charge in [-0.1, -0.05) is 6.07 Å². The van der Waals surface area contributed by atoms with Gasteiger partial charge >= 0.3 is 0 Å². The van der Waals surface area contributed by atoms with Gasteiger partial charge in [0, 0.05) is 5.69 Å². The minimum atomic E-state index is -0.598. The maximum Gasteiger partial charge on any atom is 0.295 e. The molecule has 3 heterocycles. The summed E-state index contributed by atoms with van der Waals surface area (Å²) in [4.78, 5) is 18.1. The van der Waals surface area contributed by atoms with Gasteiger partial charge in [-0.25, -0.2) is 18.4 Å². The number of nitrogens with zero attached hydrogens (tertiary/aromatic N) is 7. The number of carbonyl (C=O) groups excluding carboxylic acids is 1. The number of carbonyl (C=O) groups is 1. The van der Waals surface area contributed by atoms with Crippen LogP contribution in [0.4, 0.5) is 14.5 Å². The van der Waals surface area contributed by atoms with E-state index in [0.29, 0.717) is 23.0 Å². The molecule has 164 valence electrons. The second-order valence-electron chi connectivity index (χ2n) is 6.88. The molecular formula is C21H14F2N8OS. The number of hydrogen-bond donors (Lipinski definition) is 1. The number of anilines is 1. The molecule has 5 rings (SSSR count). The monoisotopic (exact) mass is 464 g/mol. The van der Waals surface area contributed by atoms with Crippen LogP contribution in [0.3, 0.4) is 0 Å². The Morgan fingerprint density at radius 1 is 1.06 bits per heavy atom. The highest BCUT2D eigenvalue weighted by molar-refractivity contribution is 7.13. The first kappa shape index (κ1) is 20.6. The Morgan fingerprint density at radius 2 is 1.88 bits per heavy atom. The first-order valence-corrected chi connectivity index (χ1v) is 10.5. The zero-order valence-corrected chi connectivity index (χ0v) is 17.8. The quantitative estimate of drug-likeness (QED) is 0.424. The lowest BCUT2D eigenvalue weighted by molar-refractivity contribution is 0.101. The Kier molecular flexibility index (Phi) is 5.18. The van der Waals surface area contributed by atoms with Crippen LogP contribution in [0, 0.1) is 18.6 Å². The van der Waals surface area contributed by atoms with Crippen molar-refractivity contribution in [2.24, 2.45) is 0 Å². The van der Waals surface area contributed by atoms with Gasteiger partial charge in [0.15, 0.2) is 11.6 Å². The molecule has 0 aliphatic carbocycles. The molecule has 0 unspecified atom stereocenters. The average molecular weight is 464 g/mol. The molecule has 0 saturated heterocycles. The van der Waals surface area contributed by atoms with E-state index in [2.05, 4.69) is 30.9 Å². The van der Waals surface area contributed by atoms with Crippen molar-refractivity contribution in [3.05, 3.63) is 83.3 Å². The summed E-state index contributed by atoms with van der Waals surface area (Å²) in [6.07, 6.45) is 0. The van der Waals surface area contributed by atoms with Crippen LogP contribution in [0.1, 0.15) is 16.4 Å². The molecule has 2 aromatic carbocycles. The highest BCUT2D eigenvalue weighted by atomic mass is 32.1. The van der Waals surface area contributed by atoms with Gasteiger partial charge in [0.25, 0.3) is 5.91 Å². The number of halogens is 2. The number of aryl methyl sites for hydroxylation is 1. The first-order chi connectivity index (χ1) is 16.0. The fraction of sp³-hybridized carbons (Fsp3) is 0.0476. The fourth-order valence-electron chi connectivity index (χ4n) is 3.13. The molecule has 3 aromatic heterocycles. The molecule has 1 amide bonds. The molecule has 0 saturated carbocycles. The van der Waals surface area contributed by atoms with Crippen molar-refractivity contribution in [3.63, 3.8) is 0 Å². The number of nitrogens with one attached hydrogen (secondary N) is 1. The molecule has 33 heavy (non-hydrogen) atoms. The normalized spacial score (nSPS) is 11.0. The van der Waals surface area contributed by atoms with Gasteiger partial charge in [0.1, 0.15) is 17.3 Å². The summed E-state index contributed by atoms with van der Waals surface area (Å²) in [5.74, 6) is -0.822. The van der Waals surface area contributed by atoms with E-state index >= 15 is 0 Å². The highest BCUT2D eigenvalue weighted by Crippen LogP contribution is 2.26. The van der Waals surface area contributed by atoms with E-state index in [9.17, 15) is 13.6 Å². The molecule has 1 N–H and O–H groups in total. The minimum absolute atomic E-state index is 0.0828. The number of aromatic nitrogens is 7. The number of rotatable bonds is 5. The fourth-order valence-corrected chi connectivity index (χ4v) is 3.83. The van der Waals surface area contributed by atoms with E-state index < -0.39 is 11.7 Å². The minimum Gasteiger partial charge on any atom is -0.319 e. The van der Waals surface area contributed by atoms with Crippen LogP contribution >= 0.6 is 11.3 Å². The molecule has 0 bridgehead atoms. The maximum absolute atomic E-state index is 14.3. The Hall–Kier alpha value is -4.32. The topological polar surface area (TPSA) is 103 Å². The Balaban J connectivity index is 1.49. The zero-order valence-electron chi connectivity index (χ0n) is 17.0. The SMILES string of the molecule is Cc1nnnn1-c1cc(NC(=O)c2nc(-c3cccs3)n(-c3ccc(F)cc3)n2)ccc1F. The average Bonchev–Trinajstić information content (AvgIpc) is 3.56. The van der Waals surface area contributed by atoms with E-state index in [1.54, 1.807) is 19.1 Å². The van der Waals surface area contributed by atoms with Crippen LogP contribution < -0.4 is 5.32 Å². The van der Waals surface area contributed by atoms with Gasteiger partial charge in [-0.3, -0.25) is 4.79 Å². The van der Waals surface area contributed by atoms with E-state index in [1.165, 1.54) is 51.0 Å². The smallest absolute Gasteiger partial charge is 0.295 e. The van der Waals surface area contributed by atoms with Crippen LogP contribution in [0.25, 0.3) is 22.1 Å². The molecule has 5 aromatic rings. The number of thiophene rings is 1. The van der Waals surface area contributed by atoms with Gasteiger partial charge < -0.3 is 5.32 Å². The van der Waals surface area contributed by atoms with Crippen molar-refractivity contribution < 1.29 is 13.6 Å². The van der Waals surface area contributed by atoms with Crippen molar-refractivity contribution >= 4 is 22.9 Å². The first-order valence-electron chi connectivity index (χ1n) is 9.63. The molecule has 0 atom stereocenters. The lowest BCUT2D eigenvalue weighted by Crippen LogP contribution is -2.15. The molecule has 12 heteroatoms. The highest BCUT2D eigenvalue weighted by Gasteiger charge is 2.20. The third-order valence-electron chi connectivity index (χ3n) is 4.68. The Morgan fingerprint density at radius 3 is 2.58 bits per heavy atom. The van der Waals surface area contributed by atoms with Crippen molar-refractivity contribution in [1.82, 2.24) is 35.0 Å². The largest absolute Gasteiger partial charge is 0.319 e. The number of tetrazole rings is 1. The van der Waals surface area contributed by atoms with Crippen LogP contribution in [0.2, 0.25) is 0 Å². The van der Waals surface area contributed by atoms with Crippen molar-refractivity contribution in [2.75, 3.05) is 5.32 Å². The Bertz CT molecular complexity index is 1440. The second kappa shape index (κ2) is 8.31. The van der Waals surface area contributed by atoms with Crippen LogP contribution in [-0.4, -0.2) is 40.9 Å². The van der Waals surface area contributed by atoms with Gasteiger partial charge in [-0.15, -0.1) is 21.5 Å². The molecule has 0 fully saturated rings. The third-order valence-corrected chi connectivity index (χ3v) is 5.55. The van der Waals surface area contributed by atoms with Crippen LogP contribution in [-0.2, 0) is 0 Å². The number of amides is 1. The third kappa shape index (κ3) is 3.99. The molecular weight excluding hydrogens is 450 g/mol. The predicted molar refractivity (Wildman–Crippen MR) is 116 cm³/mol. The van der Waals surface area contributed by atoms with Crippen molar-refractivity contribution in [3.8, 4) is 22.1 Å². The van der Waals surface area contributed by atoms with Gasteiger partial charge in [0.05, 0.1) is 10.6 Å². The summed E-state index contributed by atoms with van der Waals surface area (Å²) >= 11 is 1.43. The number of hydrogen-bond acceptors (Lipinski definition) is 7. The lowest BCUT2D eigenvalue weighted by Gasteiger charge is -2.07. The summed E-state index contributed by atoms with van der Waals surface area (Å²) < 4.78 is 30.4. The molecule has 9 nitrogen and oxygen atoms in total. The predicted octanol–water partition coefficient (Wildman–Crippen LogP) is 3.81. The standard InChI is InChI=1S/C21H14F2N8OS/c1-12-26-28-29-30(12)17-11-14(6-9-16(17)23)24-21(32)19-25-20(18-3-2-10-33-18)31(27-19)15-7-4-13(22)5-8-15/h2-11H,1H3,(H,24,32). The van der Waals surface area contributed by atoms with Crippen molar-refractivity contribution in [2.45, 2.75) is 6.92 Å². The van der Waals surface area contributed by atoms with E-state index in [4.69, 9.17) is 0 Å². The summed E-state index contributed by atoms with van der Waals surface area (Å²) in [5.41, 5.74) is 0.936. The molecule has 0 aliphatic heterocycles. The molecule has 0 spiro atoms. The summed E-state index contributed by atoms with van der Waals surface area (Å²) in [7, 11) is 0. The molecule has 0 aliphatic rings. The van der Waals surface area contributed by atoms with E-state index in [-0.39, 0.29) is 17.3 Å². The van der Waals surface area contributed by atoms with Gasteiger partial charge in [-0.2, -0.15) is 4.68 Å². The van der Waals surface area contributed by atoms with Crippen molar-refractivity contribution in [1.29, 1.82) is 0 Å². The maximum atomic E-state index is 14.3. The summed E-state index contributed by atoms with van der Waals surface area (Å²) in [6, 6.07) is 13.4. The van der Waals surface area contributed by atoms with Crippen LogP contribution in [0.15, 0.2) is 60.0 Å². The zero-order chi connectivity index (χ0) is 22.9. The van der Waals surface area contributed by atoms with Gasteiger partial charge in [-0.05, 0) is 71.3 Å². The van der Waals surface area contributed by atoms with E-state index in [0.717, 1.165) is 4.88 Å². The summed E-state index contributed by atoms with van der Waals surface area (Å²) in [6.45, 7) is 1.63. The lowest BCUT2D eigenvalue weighted by atomic mass is 10.2. The Labute approximate surface area is 189 Å². The number of benzene rings is 2. The second-order valence-corrected chi connectivity index (χ2v) is 7.83.